The minimum Gasteiger partial charge on any atom is -0.469 e. The van der Waals surface area contributed by atoms with E-state index in [0.717, 1.165) is 36.8 Å². The van der Waals surface area contributed by atoms with Gasteiger partial charge in [-0.05, 0) is 54.5 Å². The Morgan fingerprint density at radius 3 is 2.71 bits per heavy atom. The number of ether oxygens (including phenoxy) is 1. The molecule has 1 aromatic heterocycles. The van der Waals surface area contributed by atoms with E-state index in [1.54, 1.807) is 6.20 Å². The lowest BCUT2D eigenvalue weighted by atomic mass is 9.88. The van der Waals surface area contributed by atoms with Gasteiger partial charge < -0.3 is 10.5 Å². The van der Waals surface area contributed by atoms with Crippen LogP contribution in [0.2, 0.25) is 0 Å². The molecule has 24 heavy (non-hydrogen) atoms. The van der Waals surface area contributed by atoms with Gasteiger partial charge in [0.15, 0.2) is 0 Å². The monoisotopic (exact) mass is 326 g/mol. The van der Waals surface area contributed by atoms with Gasteiger partial charge in [0.25, 0.3) is 0 Å². The van der Waals surface area contributed by atoms with E-state index in [1.807, 2.05) is 12.3 Å². The first-order chi connectivity index (χ1) is 11.7. The van der Waals surface area contributed by atoms with Gasteiger partial charge in [-0.1, -0.05) is 36.8 Å². The second-order valence-electron chi connectivity index (χ2n) is 5.96. The third-order valence-corrected chi connectivity index (χ3v) is 4.28. The van der Waals surface area contributed by atoms with Gasteiger partial charge in [0.05, 0.1) is 7.11 Å². The van der Waals surface area contributed by atoms with Crippen LogP contribution in [0.25, 0.3) is 11.1 Å². The second kappa shape index (κ2) is 9.83. The Hall–Kier alpha value is -2.20. The molecular weight excluding hydrogens is 300 g/mol. The van der Waals surface area contributed by atoms with E-state index in [1.165, 1.54) is 12.7 Å². The Bertz CT molecular complexity index is 629. The van der Waals surface area contributed by atoms with Crippen LogP contribution in [0, 0.1) is 0 Å². The van der Waals surface area contributed by atoms with Gasteiger partial charge >= 0.3 is 5.97 Å². The van der Waals surface area contributed by atoms with E-state index in [4.69, 9.17) is 10.5 Å². The highest BCUT2D eigenvalue weighted by molar-refractivity contribution is 5.69. The molecule has 1 heterocycles. The number of unbranched alkanes of at least 4 members (excludes halogenated alkanes) is 1. The maximum Gasteiger partial charge on any atom is 0.305 e. The first-order valence-corrected chi connectivity index (χ1v) is 8.52. The highest BCUT2D eigenvalue weighted by Gasteiger charge is 2.14. The number of pyridine rings is 1. The maximum atomic E-state index is 11.5. The van der Waals surface area contributed by atoms with E-state index in [0.29, 0.717) is 18.9 Å². The number of benzene rings is 1. The van der Waals surface area contributed by atoms with E-state index >= 15 is 0 Å². The summed E-state index contributed by atoms with van der Waals surface area (Å²) in [6.45, 7) is 0.708. The lowest BCUT2D eigenvalue weighted by Crippen LogP contribution is -2.07. The van der Waals surface area contributed by atoms with Gasteiger partial charge in [0.2, 0.25) is 0 Å². The van der Waals surface area contributed by atoms with E-state index < -0.39 is 0 Å². The molecule has 0 saturated carbocycles. The Morgan fingerprint density at radius 1 is 1.17 bits per heavy atom. The molecule has 2 N–H and O–H groups in total. The minimum atomic E-state index is -0.151. The zero-order valence-electron chi connectivity index (χ0n) is 14.3. The molecule has 0 bridgehead atoms. The van der Waals surface area contributed by atoms with Crippen LogP contribution in [0.5, 0.6) is 0 Å². The predicted molar refractivity (Wildman–Crippen MR) is 96.6 cm³/mol. The maximum absolute atomic E-state index is 11.5. The summed E-state index contributed by atoms with van der Waals surface area (Å²) < 4.78 is 4.79. The van der Waals surface area contributed by atoms with Gasteiger partial charge in [0, 0.05) is 18.8 Å². The summed E-state index contributed by atoms with van der Waals surface area (Å²) in [7, 11) is 1.44. The summed E-state index contributed by atoms with van der Waals surface area (Å²) in [6, 6.07) is 12.5. The smallest absolute Gasteiger partial charge is 0.305 e. The molecule has 0 aliphatic rings. The standard InChI is InChI=1S/C20H26N2O2/c1-24-20(23)11-10-16(6-2-3-12-21)17-7-4-8-18(14-17)19-9-5-13-22-15-19/h4-5,7-9,13-16H,2-3,6,10-12,21H2,1H3. The molecule has 1 aromatic carbocycles. The quantitative estimate of drug-likeness (QED) is 0.560. The summed E-state index contributed by atoms with van der Waals surface area (Å²) in [4.78, 5) is 15.7. The number of carbonyl (C=O) groups excluding carboxylic acids is 1. The Balaban J connectivity index is 2.16. The van der Waals surface area contributed by atoms with Crippen LogP contribution >= 0.6 is 0 Å². The predicted octanol–water partition coefficient (Wildman–Crippen LogP) is 3.91. The third kappa shape index (κ3) is 5.46. The number of hydrogen-bond acceptors (Lipinski definition) is 4. The van der Waals surface area contributed by atoms with Gasteiger partial charge in [-0.2, -0.15) is 0 Å². The molecule has 128 valence electrons. The minimum absolute atomic E-state index is 0.151. The molecular formula is C20H26N2O2. The van der Waals surface area contributed by atoms with Crippen LogP contribution in [0.4, 0.5) is 0 Å². The molecule has 1 atom stereocenters. The van der Waals surface area contributed by atoms with Crippen molar-refractivity contribution in [3.05, 3.63) is 54.4 Å². The van der Waals surface area contributed by atoms with Crippen LogP contribution in [0.1, 0.15) is 43.6 Å². The first-order valence-electron chi connectivity index (χ1n) is 8.52. The molecule has 2 rings (SSSR count). The van der Waals surface area contributed by atoms with Crippen molar-refractivity contribution in [3.63, 3.8) is 0 Å². The fourth-order valence-corrected chi connectivity index (χ4v) is 2.91. The highest BCUT2D eigenvalue weighted by atomic mass is 16.5. The van der Waals surface area contributed by atoms with Crippen LogP contribution in [0.15, 0.2) is 48.8 Å². The molecule has 0 amide bonds. The van der Waals surface area contributed by atoms with E-state index in [-0.39, 0.29) is 5.97 Å². The number of rotatable bonds is 9. The zero-order chi connectivity index (χ0) is 17.2. The molecule has 2 aromatic rings. The zero-order valence-corrected chi connectivity index (χ0v) is 14.3. The van der Waals surface area contributed by atoms with Crippen molar-refractivity contribution in [2.45, 2.75) is 38.0 Å². The summed E-state index contributed by atoms with van der Waals surface area (Å²) in [6.07, 6.45) is 8.01. The van der Waals surface area contributed by atoms with Gasteiger partial charge in [-0.25, -0.2) is 0 Å². The average Bonchev–Trinajstić information content (AvgIpc) is 2.65. The summed E-state index contributed by atoms with van der Waals surface area (Å²) >= 11 is 0. The molecule has 0 aliphatic heterocycles. The van der Waals surface area contributed by atoms with Crippen molar-refractivity contribution < 1.29 is 9.53 Å². The summed E-state index contributed by atoms with van der Waals surface area (Å²) in [5.74, 6) is 0.189. The molecule has 0 radical (unpaired) electrons. The summed E-state index contributed by atoms with van der Waals surface area (Å²) in [5, 5.41) is 0. The first kappa shape index (κ1) is 18.1. The fourth-order valence-electron chi connectivity index (χ4n) is 2.91. The number of nitrogens with zero attached hydrogens (tertiary/aromatic N) is 1. The number of carbonyl (C=O) groups is 1. The Morgan fingerprint density at radius 2 is 2.00 bits per heavy atom. The largest absolute Gasteiger partial charge is 0.469 e. The topological polar surface area (TPSA) is 65.2 Å². The number of aromatic nitrogens is 1. The van der Waals surface area contributed by atoms with Crippen LogP contribution in [0.3, 0.4) is 0 Å². The van der Waals surface area contributed by atoms with Crippen molar-refractivity contribution in [2.24, 2.45) is 5.73 Å². The van der Waals surface area contributed by atoms with Crippen molar-refractivity contribution in [2.75, 3.05) is 13.7 Å². The number of nitrogens with two attached hydrogens (primary N) is 1. The molecule has 4 nitrogen and oxygen atoms in total. The van der Waals surface area contributed by atoms with E-state index in [9.17, 15) is 4.79 Å². The number of hydrogen-bond donors (Lipinski definition) is 1. The van der Waals surface area contributed by atoms with Crippen molar-refractivity contribution in [1.29, 1.82) is 0 Å². The summed E-state index contributed by atoms with van der Waals surface area (Å²) in [5.41, 5.74) is 9.14. The number of esters is 1. The molecule has 0 aliphatic carbocycles. The Labute approximate surface area is 144 Å². The van der Waals surface area contributed by atoms with Crippen molar-refractivity contribution in [1.82, 2.24) is 4.98 Å². The normalized spacial score (nSPS) is 11.9. The lowest BCUT2D eigenvalue weighted by Gasteiger charge is -2.18. The lowest BCUT2D eigenvalue weighted by molar-refractivity contribution is -0.140. The van der Waals surface area contributed by atoms with Crippen LogP contribution in [-0.4, -0.2) is 24.6 Å². The molecule has 4 heteroatoms. The number of methoxy groups -OCH3 is 1. The molecule has 0 saturated heterocycles. The average molecular weight is 326 g/mol. The molecule has 0 spiro atoms. The fraction of sp³-hybridized carbons (Fsp3) is 0.400. The van der Waals surface area contributed by atoms with Gasteiger partial charge in [-0.3, -0.25) is 9.78 Å². The van der Waals surface area contributed by atoms with Crippen LogP contribution < -0.4 is 5.73 Å². The van der Waals surface area contributed by atoms with Gasteiger partial charge in [0.1, 0.15) is 0 Å². The van der Waals surface area contributed by atoms with Gasteiger partial charge in [-0.15, -0.1) is 0 Å². The van der Waals surface area contributed by atoms with Crippen molar-refractivity contribution >= 4 is 5.97 Å². The molecule has 0 fully saturated rings. The second-order valence-corrected chi connectivity index (χ2v) is 5.96. The van der Waals surface area contributed by atoms with Crippen LogP contribution in [-0.2, 0) is 9.53 Å². The SMILES string of the molecule is COC(=O)CCC(CCCCN)c1cccc(-c2cccnc2)c1. The Kier molecular flexibility index (Phi) is 7.43. The molecule has 1 unspecified atom stereocenters. The third-order valence-electron chi connectivity index (χ3n) is 4.28. The highest BCUT2D eigenvalue weighted by Crippen LogP contribution is 2.30. The van der Waals surface area contributed by atoms with E-state index in [2.05, 4.69) is 35.3 Å². The van der Waals surface area contributed by atoms with Crippen molar-refractivity contribution in [3.8, 4) is 11.1 Å².